The minimum absolute atomic E-state index is 0.234. The monoisotopic (exact) mass is 355 g/mol. The van der Waals surface area contributed by atoms with Gasteiger partial charge in [-0.25, -0.2) is 8.42 Å². The maximum Gasteiger partial charge on any atom is 0.341 e. The number of carbonyl (C=O) groups is 1. The summed E-state index contributed by atoms with van der Waals surface area (Å²) in [6, 6.07) is 11.7. The van der Waals surface area contributed by atoms with Gasteiger partial charge in [-0.1, -0.05) is 18.2 Å². The van der Waals surface area contributed by atoms with Crippen molar-refractivity contribution in [2.45, 2.75) is 17.6 Å². The molecule has 2 aromatic rings. The fourth-order valence-corrected chi connectivity index (χ4v) is 2.61. The second kappa shape index (κ2) is 7.39. The van der Waals surface area contributed by atoms with Gasteiger partial charge in [0.05, 0.1) is 4.90 Å². The van der Waals surface area contributed by atoms with E-state index in [1.807, 2.05) is 19.1 Å². The topological polar surface area (TPSA) is 72.5 Å². The molecular weight excluding hydrogens is 340 g/mol. The molecule has 2 rings (SSSR count). The van der Waals surface area contributed by atoms with E-state index in [0.717, 1.165) is 17.7 Å². The van der Waals surface area contributed by atoms with Crippen LogP contribution in [0.25, 0.3) is 0 Å². The average molecular weight is 355 g/mol. The lowest BCUT2D eigenvalue weighted by molar-refractivity contribution is -0.118. The summed E-state index contributed by atoms with van der Waals surface area (Å²) in [5.74, 6) is -3.37. The van der Waals surface area contributed by atoms with E-state index in [9.17, 15) is 22.0 Å². The molecule has 0 unspecified atom stereocenters. The van der Waals surface area contributed by atoms with Gasteiger partial charge >= 0.3 is 5.76 Å². The van der Waals surface area contributed by atoms with Crippen LogP contribution in [0.15, 0.2) is 53.4 Å². The Morgan fingerprint density at radius 3 is 2.33 bits per heavy atom. The predicted octanol–water partition coefficient (Wildman–Crippen LogP) is 3.01. The maximum absolute atomic E-state index is 12.4. The highest BCUT2D eigenvalue weighted by Gasteiger charge is 2.26. The molecule has 8 heteroatoms. The van der Waals surface area contributed by atoms with Crippen molar-refractivity contribution in [1.29, 1.82) is 0 Å². The number of amides is 1. The number of alkyl halides is 2. The molecule has 1 N–H and O–H groups in total. The van der Waals surface area contributed by atoms with Gasteiger partial charge in [0.25, 0.3) is 5.91 Å². The highest BCUT2D eigenvalue weighted by Crippen LogP contribution is 2.20. The van der Waals surface area contributed by atoms with Gasteiger partial charge in [-0.05, 0) is 42.8 Å². The lowest BCUT2D eigenvalue weighted by atomic mass is 10.2. The van der Waals surface area contributed by atoms with Gasteiger partial charge in [-0.3, -0.25) is 4.79 Å². The first-order chi connectivity index (χ1) is 11.3. The number of rotatable bonds is 6. The number of hydrogen-bond acceptors (Lipinski definition) is 4. The standard InChI is InChI=1S/C16H15F2NO4S/c1-11-4-2-3-5-14(11)23-10-15(20)19-12-6-8-13(9-7-12)24(21,22)16(17)18/h2-9,16H,10H2,1H3,(H,19,20). The Morgan fingerprint density at radius 1 is 1.12 bits per heavy atom. The summed E-state index contributed by atoms with van der Waals surface area (Å²) in [6.45, 7) is 1.61. The van der Waals surface area contributed by atoms with Crippen molar-refractivity contribution in [2.75, 3.05) is 11.9 Å². The van der Waals surface area contributed by atoms with Gasteiger partial charge in [0.2, 0.25) is 9.84 Å². The number of carbonyl (C=O) groups excluding carboxylic acids is 1. The molecule has 24 heavy (non-hydrogen) atoms. The number of para-hydroxylation sites is 1. The van der Waals surface area contributed by atoms with Crippen molar-refractivity contribution in [1.82, 2.24) is 0 Å². The molecule has 5 nitrogen and oxygen atoms in total. The van der Waals surface area contributed by atoms with Crippen LogP contribution in [-0.4, -0.2) is 26.7 Å². The number of ether oxygens (including phenoxy) is 1. The van der Waals surface area contributed by atoms with Crippen LogP contribution in [0.5, 0.6) is 5.75 Å². The van der Waals surface area contributed by atoms with E-state index in [2.05, 4.69) is 5.32 Å². The summed E-state index contributed by atoms with van der Waals surface area (Å²) < 4.78 is 52.8. The van der Waals surface area contributed by atoms with Crippen LogP contribution in [0.1, 0.15) is 5.56 Å². The van der Waals surface area contributed by atoms with E-state index >= 15 is 0 Å². The molecule has 0 aliphatic rings. The largest absolute Gasteiger partial charge is 0.483 e. The van der Waals surface area contributed by atoms with Crippen LogP contribution in [0, 0.1) is 6.92 Å². The molecule has 0 aliphatic carbocycles. The highest BCUT2D eigenvalue weighted by molar-refractivity contribution is 7.91. The van der Waals surface area contributed by atoms with Crippen molar-refractivity contribution in [3.8, 4) is 5.75 Å². The molecule has 0 fully saturated rings. The Morgan fingerprint density at radius 2 is 1.75 bits per heavy atom. The zero-order chi connectivity index (χ0) is 17.7. The van der Waals surface area contributed by atoms with Crippen molar-refractivity contribution in [3.63, 3.8) is 0 Å². The Labute approximate surface area is 138 Å². The third-order valence-corrected chi connectivity index (χ3v) is 4.55. The van der Waals surface area contributed by atoms with E-state index in [0.29, 0.717) is 5.75 Å². The Balaban J connectivity index is 1.96. The molecule has 0 spiro atoms. The van der Waals surface area contributed by atoms with E-state index in [-0.39, 0.29) is 12.3 Å². The van der Waals surface area contributed by atoms with Crippen molar-refractivity contribution in [3.05, 3.63) is 54.1 Å². The fraction of sp³-hybridized carbons (Fsp3) is 0.188. The molecule has 1 amide bonds. The lowest BCUT2D eigenvalue weighted by Gasteiger charge is -2.10. The SMILES string of the molecule is Cc1ccccc1OCC(=O)Nc1ccc(S(=O)(=O)C(F)F)cc1. The Kier molecular flexibility index (Phi) is 5.50. The van der Waals surface area contributed by atoms with Gasteiger partial charge in [0.15, 0.2) is 6.61 Å². The highest BCUT2D eigenvalue weighted by atomic mass is 32.2. The summed E-state index contributed by atoms with van der Waals surface area (Å²) in [6.07, 6.45) is 0. The predicted molar refractivity (Wildman–Crippen MR) is 84.9 cm³/mol. The number of halogens is 2. The minimum Gasteiger partial charge on any atom is -0.483 e. The summed E-state index contributed by atoms with van der Waals surface area (Å²) in [5.41, 5.74) is 1.16. The molecule has 0 saturated carbocycles. The summed E-state index contributed by atoms with van der Waals surface area (Å²) in [4.78, 5) is 11.3. The zero-order valence-electron chi connectivity index (χ0n) is 12.7. The van der Waals surface area contributed by atoms with Crippen molar-refractivity contribution >= 4 is 21.4 Å². The first-order valence-electron chi connectivity index (χ1n) is 6.91. The van der Waals surface area contributed by atoms with E-state index in [1.165, 1.54) is 12.1 Å². The van der Waals surface area contributed by atoms with Crippen LogP contribution in [0.2, 0.25) is 0 Å². The summed E-state index contributed by atoms with van der Waals surface area (Å²) >= 11 is 0. The number of aryl methyl sites for hydroxylation is 1. The average Bonchev–Trinajstić information content (AvgIpc) is 2.54. The van der Waals surface area contributed by atoms with E-state index in [1.54, 1.807) is 12.1 Å². The molecule has 0 aliphatic heterocycles. The summed E-state index contributed by atoms with van der Waals surface area (Å²) in [5, 5.41) is 2.49. The third-order valence-electron chi connectivity index (χ3n) is 3.15. The Hall–Kier alpha value is -2.48. The lowest BCUT2D eigenvalue weighted by Crippen LogP contribution is -2.20. The molecule has 0 radical (unpaired) electrons. The number of hydrogen-bond donors (Lipinski definition) is 1. The van der Waals surface area contributed by atoms with Crippen LogP contribution >= 0.6 is 0 Å². The molecule has 128 valence electrons. The van der Waals surface area contributed by atoms with Crippen LogP contribution < -0.4 is 10.1 Å². The van der Waals surface area contributed by atoms with Crippen molar-refractivity contribution in [2.24, 2.45) is 0 Å². The van der Waals surface area contributed by atoms with E-state index < -0.39 is 26.4 Å². The smallest absolute Gasteiger partial charge is 0.341 e. The van der Waals surface area contributed by atoms with Gasteiger partial charge < -0.3 is 10.1 Å². The molecule has 0 atom stereocenters. The normalized spacial score (nSPS) is 11.3. The maximum atomic E-state index is 12.4. The first-order valence-corrected chi connectivity index (χ1v) is 8.46. The first kappa shape index (κ1) is 17.9. The van der Waals surface area contributed by atoms with Crippen molar-refractivity contribution < 1.29 is 26.7 Å². The molecule has 0 bridgehead atoms. The molecule has 0 heterocycles. The van der Waals surface area contributed by atoms with Gasteiger partial charge in [0, 0.05) is 5.69 Å². The Bertz CT molecular complexity index is 820. The third kappa shape index (κ3) is 4.29. The number of anilines is 1. The van der Waals surface area contributed by atoms with Crippen LogP contribution in [0.4, 0.5) is 14.5 Å². The quantitative estimate of drug-likeness (QED) is 0.865. The molecule has 0 aromatic heterocycles. The number of nitrogens with one attached hydrogen (secondary N) is 1. The molecule has 2 aromatic carbocycles. The second-order valence-electron chi connectivity index (χ2n) is 4.93. The van der Waals surface area contributed by atoms with Crippen LogP contribution in [-0.2, 0) is 14.6 Å². The van der Waals surface area contributed by atoms with E-state index in [4.69, 9.17) is 4.74 Å². The summed E-state index contributed by atoms with van der Waals surface area (Å²) in [7, 11) is -4.64. The van der Waals surface area contributed by atoms with Gasteiger partial charge in [-0.15, -0.1) is 0 Å². The molecular formula is C16H15F2NO4S. The second-order valence-corrected chi connectivity index (χ2v) is 6.85. The minimum atomic E-state index is -4.64. The fourth-order valence-electron chi connectivity index (χ4n) is 1.89. The number of sulfone groups is 1. The number of benzene rings is 2. The van der Waals surface area contributed by atoms with Gasteiger partial charge in [0.1, 0.15) is 5.75 Å². The molecule has 0 saturated heterocycles. The van der Waals surface area contributed by atoms with Crippen LogP contribution in [0.3, 0.4) is 0 Å². The zero-order valence-corrected chi connectivity index (χ0v) is 13.5. The van der Waals surface area contributed by atoms with Gasteiger partial charge in [-0.2, -0.15) is 8.78 Å².